The average molecular weight is 209 g/mol. The molecule has 3 nitrogen and oxygen atoms in total. The minimum absolute atomic E-state index is 0.0877. The molecule has 14 heavy (non-hydrogen) atoms. The van der Waals surface area contributed by atoms with E-state index in [1.165, 1.54) is 0 Å². The van der Waals surface area contributed by atoms with Crippen LogP contribution in [0.5, 0.6) is 5.75 Å². The van der Waals surface area contributed by atoms with Crippen LogP contribution in [0.4, 0.5) is 5.69 Å². The van der Waals surface area contributed by atoms with E-state index in [1.54, 1.807) is 22.9 Å². The Morgan fingerprint density at radius 1 is 1.21 bits per heavy atom. The SMILES string of the molecule is Oc1ccc(Nn2cccc2)cc1Cl. The lowest BCUT2D eigenvalue weighted by molar-refractivity contribution is 0.475. The maximum absolute atomic E-state index is 9.20. The molecular formula is C10H9ClN2O. The highest BCUT2D eigenvalue weighted by Crippen LogP contribution is 2.25. The van der Waals surface area contributed by atoms with Gasteiger partial charge < -0.3 is 5.11 Å². The van der Waals surface area contributed by atoms with Gasteiger partial charge in [0.25, 0.3) is 0 Å². The number of hydrogen-bond acceptors (Lipinski definition) is 2. The number of aromatic hydroxyl groups is 1. The standard InChI is InChI=1S/C10H9ClN2O/c11-9-7-8(3-4-10(9)14)12-13-5-1-2-6-13/h1-7,12,14H. The van der Waals surface area contributed by atoms with Gasteiger partial charge in [0.1, 0.15) is 5.75 Å². The third-order valence-electron chi connectivity index (χ3n) is 1.81. The van der Waals surface area contributed by atoms with Crippen LogP contribution in [0, 0.1) is 0 Å². The van der Waals surface area contributed by atoms with E-state index in [0.717, 1.165) is 5.69 Å². The summed E-state index contributed by atoms with van der Waals surface area (Å²) in [7, 11) is 0. The lowest BCUT2D eigenvalue weighted by Crippen LogP contribution is -2.05. The molecule has 0 aliphatic carbocycles. The quantitative estimate of drug-likeness (QED) is 0.745. The smallest absolute Gasteiger partial charge is 0.134 e. The first-order valence-corrected chi connectivity index (χ1v) is 4.52. The molecule has 0 spiro atoms. The Hall–Kier alpha value is -1.61. The first kappa shape index (κ1) is 8.97. The summed E-state index contributed by atoms with van der Waals surface area (Å²) in [5, 5.41) is 9.54. The van der Waals surface area contributed by atoms with Gasteiger partial charge in [-0.25, -0.2) is 0 Å². The van der Waals surface area contributed by atoms with Crippen LogP contribution in [-0.4, -0.2) is 9.78 Å². The normalized spacial score (nSPS) is 10.1. The molecule has 2 aromatic rings. The van der Waals surface area contributed by atoms with E-state index in [2.05, 4.69) is 5.43 Å². The molecule has 0 aliphatic rings. The Labute approximate surface area is 86.5 Å². The molecule has 0 saturated carbocycles. The van der Waals surface area contributed by atoms with Crippen LogP contribution in [0.1, 0.15) is 0 Å². The third-order valence-corrected chi connectivity index (χ3v) is 2.11. The third kappa shape index (κ3) is 1.83. The van der Waals surface area contributed by atoms with E-state index in [9.17, 15) is 5.11 Å². The molecule has 0 aliphatic heterocycles. The second-order valence-electron chi connectivity index (χ2n) is 2.87. The second-order valence-corrected chi connectivity index (χ2v) is 3.28. The van der Waals surface area contributed by atoms with Crippen molar-refractivity contribution in [3.8, 4) is 5.75 Å². The van der Waals surface area contributed by atoms with Crippen LogP contribution in [-0.2, 0) is 0 Å². The highest BCUT2D eigenvalue weighted by Gasteiger charge is 1.99. The van der Waals surface area contributed by atoms with Crippen LogP contribution in [0.3, 0.4) is 0 Å². The molecule has 0 unspecified atom stereocenters. The summed E-state index contributed by atoms with van der Waals surface area (Å²) >= 11 is 5.75. The van der Waals surface area contributed by atoms with Gasteiger partial charge in [0.15, 0.2) is 0 Å². The molecule has 1 aromatic heterocycles. The summed E-state index contributed by atoms with van der Waals surface area (Å²) in [5.41, 5.74) is 3.90. The number of rotatable bonds is 2. The topological polar surface area (TPSA) is 37.2 Å². The van der Waals surface area contributed by atoms with Crippen LogP contribution in [0.2, 0.25) is 5.02 Å². The monoisotopic (exact) mass is 208 g/mol. The van der Waals surface area contributed by atoms with Crippen molar-refractivity contribution < 1.29 is 5.11 Å². The van der Waals surface area contributed by atoms with E-state index in [4.69, 9.17) is 11.6 Å². The Morgan fingerprint density at radius 2 is 1.93 bits per heavy atom. The van der Waals surface area contributed by atoms with E-state index < -0.39 is 0 Å². The fraction of sp³-hybridized carbons (Fsp3) is 0. The summed E-state index contributed by atoms with van der Waals surface area (Å²) in [4.78, 5) is 0. The zero-order valence-corrected chi connectivity index (χ0v) is 8.07. The van der Waals surface area contributed by atoms with Gasteiger partial charge in [0, 0.05) is 12.4 Å². The number of aromatic nitrogens is 1. The molecule has 2 rings (SSSR count). The minimum Gasteiger partial charge on any atom is -0.506 e. The van der Waals surface area contributed by atoms with Crippen LogP contribution < -0.4 is 5.43 Å². The van der Waals surface area contributed by atoms with Gasteiger partial charge in [-0.15, -0.1) is 0 Å². The lowest BCUT2D eigenvalue weighted by atomic mass is 10.3. The Morgan fingerprint density at radius 3 is 2.57 bits per heavy atom. The molecule has 0 atom stereocenters. The van der Waals surface area contributed by atoms with Gasteiger partial charge in [-0.05, 0) is 30.3 Å². The highest BCUT2D eigenvalue weighted by molar-refractivity contribution is 6.32. The van der Waals surface area contributed by atoms with E-state index in [-0.39, 0.29) is 5.75 Å². The highest BCUT2D eigenvalue weighted by atomic mass is 35.5. The molecule has 1 aromatic carbocycles. The minimum atomic E-state index is 0.0877. The first-order chi connectivity index (χ1) is 6.75. The average Bonchev–Trinajstić information content (AvgIpc) is 2.64. The van der Waals surface area contributed by atoms with Crippen molar-refractivity contribution in [1.82, 2.24) is 4.68 Å². The molecule has 0 radical (unpaired) electrons. The van der Waals surface area contributed by atoms with Gasteiger partial charge in [-0.2, -0.15) is 0 Å². The van der Waals surface area contributed by atoms with Crippen LogP contribution in [0.15, 0.2) is 42.7 Å². The largest absolute Gasteiger partial charge is 0.506 e. The molecule has 0 saturated heterocycles. The maximum Gasteiger partial charge on any atom is 0.134 e. The van der Waals surface area contributed by atoms with Crippen LogP contribution in [0.25, 0.3) is 0 Å². The van der Waals surface area contributed by atoms with E-state index in [1.807, 2.05) is 24.5 Å². The number of phenols is 1. The molecule has 0 amide bonds. The predicted octanol–water partition coefficient (Wildman–Crippen LogP) is 2.72. The number of nitrogens with one attached hydrogen (secondary N) is 1. The number of anilines is 1. The number of phenolic OH excluding ortho intramolecular Hbond substituents is 1. The van der Waals surface area contributed by atoms with Crippen LogP contribution >= 0.6 is 11.6 Å². The molecular weight excluding hydrogens is 200 g/mol. The molecule has 0 bridgehead atoms. The Bertz CT molecular complexity index is 426. The molecule has 2 N–H and O–H groups in total. The fourth-order valence-corrected chi connectivity index (χ4v) is 1.32. The fourth-order valence-electron chi connectivity index (χ4n) is 1.13. The predicted molar refractivity (Wildman–Crippen MR) is 56.6 cm³/mol. The van der Waals surface area contributed by atoms with Gasteiger partial charge in [0.2, 0.25) is 0 Å². The zero-order valence-electron chi connectivity index (χ0n) is 7.31. The second kappa shape index (κ2) is 3.64. The summed E-state index contributed by atoms with van der Waals surface area (Å²) in [6.07, 6.45) is 3.75. The lowest BCUT2D eigenvalue weighted by Gasteiger charge is -2.07. The van der Waals surface area contributed by atoms with E-state index >= 15 is 0 Å². The van der Waals surface area contributed by atoms with Crippen molar-refractivity contribution in [3.63, 3.8) is 0 Å². The van der Waals surface area contributed by atoms with Crippen molar-refractivity contribution in [3.05, 3.63) is 47.7 Å². The van der Waals surface area contributed by atoms with Crippen molar-refractivity contribution in [2.24, 2.45) is 0 Å². The van der Waals surface area contributed by atoms with Crippen molar-refractivity contribution >= 4 is 17.3 Å². The van der Waals surface area contributed by atoms with Crippen molar-refractivity contribution in [1.29, 1.82) is 0 Å². The zero-order chi connectivity index (χ0) is 9.97. The number of halogens is 1. The summed E-state index contributed by atoms with van der Waals surface area (Å²) in [6.45, 7) is 0. The first-order valence-electron chi connectivity index (χ1n) is 4.14. The van der Waals surface area contributed by atoms with Gasteiger partial charge in [-0.1, -0.05) is 11.6 Å². The maximum atomic E-state index is 9.20. The van der Waals surface area contributed by atoms with Gasteiger partial charge in [0.05, 0.1) is 10.7 Å². The number of hydrogen-bond donors (Lipinski definition) is 2. The number of benzene rings is 1. The summed E-state index contributed by atoms with van der Waals surface area (Å²) in [6, 6.07) is 8.79. The van der Waals surface area contributed by atoms with Crippen molar-refractivity contribution in [2.75, 3.05) is 5.43 Å². The van der Waals surface area contributed by atoms with Gasteiger partial charge >= 0.3 is 0 Å². The summed E-state index contributed by atoms with van der Waals surface area (Å²) < 4.78 is 1.79. The molecule has 72 valence electrons. The Balaban J connectivity index is 2.22. The Kier molecular flexibility index (Phi) is 2.33. The van der Waals surface area contributed by atoms with Crippen molar-refractivity contribution in [2.45, 2.75) is 0 Å². The molecule has 4 heteroatoms. The number of nitrogens with zero attached hydrogens (tertiary/aromatic N) is 1. The molecule has 1 heterocycles. The molecule has 0 fully saturated rings. The van der Waals surface area contributed by atoms with Gasteiger partial charge in [-0.3, -0.25) is 10.1 Å². The van der Waals surface area contributed by atoms with E-state index in [0.29, 0.717) is 5.02 Å². The summed E-state index contributed by atoms with van der Waals surface area (Å²) in [5.74, 6) is 0.0877.